The van der Waals surface area contributed by atoms with Gasteiger partial charge in [0.15, 0.2) is 11.0 Å². The molecule has 0 saturated carbocycles. The van der Waals surface area contributed by atoms with Gasteiger partial charge in [-0.2, -0.15) is 0 Å². The van der Waals surface area contributed by atoms with Gasteiger partial charge in [0.2, 0.25) is 0 Å². The average molecular weight is 218 g/mol. The summed E-state index contributed by atoms with van der Waals surface area (Å²) in [6, 6.07) is 0. The quantitative estimate of drug-likeness (QED) is 0.484. The first-order valence-corrected chi connectivity index (χ1v) is 6.03. The van der Waals surface area contributed by atoms with Crippen LogP contribution in [0.1, 0.15) is 33.6 Å². The molecule has 0 aliphatic carbocycles. The zero-order valence-electron chi connectivity index (χ0n) is 9.04. The largest absolute Gasteiger partial charge is 0.465 e. The van der Waals surface area contributed by atoms with Crippen LogP contribution >= 0.6 is 11.8 Å². The van der Waals surface area contributed by atoms with Gasteiger partial charge in [0.1, 0.15) is 0 Å². The summed E-state index contributed by atoms with van der Waals surface area (Å²) in [6.07, 6.45) is 1.23. The Kier molecular flexibility index (Phi) is 7.57. The Balaban J connectivity index is 4.25. The van der Waals surface area contributed by atoms with Crippen LogP contribution in [0, 0.1) is 0 Å². The van der Waals surface area contributed by atoms with Crippen LogP contribution in [0.4, 0.5) is 0 Å². The number of esters is 1. The topological polar surface area (TPSA) is 43.4 Å². The Bertz CT molecular complexity index is 174. The molecule has 0 aliphatic heterocycles. The molecule has 0 spiro atoms. The van der Waals surface area contributed by atoms with Crippen LogP contribution in [0.5, 0.6) is 0 Å². The Labute approximate surface area is 89.6 Å². The number of carbonyl (C=O) groups excluding carboxylic acids is 2. The van der Waals surface area contributed by atoms with E-state index in [-0.39, 0.29) is 5.78 Å². The van der Waals surface area contributed by atoms with E-state index in [0.717, 1.165) is 12.2 Å². The summed E-state index contributed by atoms with van der Waals surface area (Å²) in [7, 11) is 0. The number of ether oxygens (including phenoxy) is 1. The second-order valence-electron chi connectivity index (χ2n) is 2.80. The van der Waals surface area contributed by atoms with E-state index >= 15 is 0 Å². The van der Waals surface area contributed by atoms with Gasteiger partial charge >= 0.3 is 5.97 Å². The van der Waals surface area contributed by atoms with Gasteiger partial charge in [-0.1, -0.05) is 13.8 Å². The lowest BCUT2D eigenvalue weighted by atomic mass is 10.2. The molecule has 82 valence electrons. The number of rotatable bonds is 7. The lowest BCUT2D eigenvalue weighted by Crippen LogP contribution is -2.29. The van der Waals surface area contributed by atoms with Crippen molar-refractivity contribution in [2.24, 2.45) is 0 Å². The highest BCUT2D eigenvalue weighted by Crippen LogP contribution is 2.15. The van der Waals surface area contributed by atoms with Gasteiger partial charge in [-0.05, 0) is 19.1 Å². The van der Waals surface area contributed by atoms with Crippen LogP contribution in [-0.4, -0.2) is 29.4 Å². The lowest BCUT2D eigenvalue weighted by Gasteiger charge is -2.12. The maximum Gasteiger partial charge on any atom is 0.326 e. The number of carbonyl (C=O) groups is 2. The SMILES string of the molecule is CCCC(=O)C(SCC)C(=O)OCC. The van der Waals surface area contributed by atoms with Crippen molar-refractivity contribution in [2.75, 3.05) is 12.4 Å². The zero-order valence-corrected chi connectivity index (χ0v) is 9.86. The van der Waals surface area contributed by atoms with E-state index in [1.807, 2.05) is 13.8 Å². The summed E-state index contributed by atoms with van der Waals surface area (Å²) < 4.78 is 4.84. The smallest absolute Gasteiger partial charge is 0.326 e. The Morgan fingerprint density at radius 1 is 1.29 bits per heavy atom. The molecule has 0 rings (SSSR count). The van der Waals surface area contributed by atoms with Gasteiger partial charge in [-0.15, -0.1) is 11.8 Å². The molecule has 0 radical (unpaired) electrons. The normalized spacial score (nSPS) is 12.2. The predicted octanol–water partition coefficient (Wildman–Crippen LogP) is 2.04. The van der Waals surface area contributed by atoms with E-state index in [4.69, 9.17) is 4.74 Å². The third-order valence-corrected chi connectivity index (χ3v) is 2.74. The standard InChI is InChI=1S/C10H18O3S/c1-4-7-8(11)9(14-6-3)10(12)13-5-2/h9H,4-7H2,1-3H3. The van der Waals surface area contributed by atoms with Crippen molar-refractivity contribution in [1.29, 1.82) is 0 Å². The molecule has 1 unspecified atom stereocenters. The fourth-order valence-electron chi connectivity index (χ4n) is 1.05. The summed E-state index contributed by atoms with van der Waals surface area (Å²) in [4.78, 5) is 22.9. The van der Waals surface area contributed by atoms with Gasteiger partial charge in [0.25, 0.3) is 0 Å². The fourth-order valence-corrected chi connectivity index (χ4v) is 1.90. The number of thioether (sulfide) groups is 1. The van der Waals surface area contributed by atoms with Gasteiger partial charge in [0.05, 0.1) is 6.61 Å². The Hall–Kier alpha value is -0.510. The lowest BCUT2D eigenvalue weighted by molar-refractivity contribution is -0.144. The van der Waals surface area contributed by atoms with Gasteiger partial charge in [-0.25, -0.2) is 0 Å². The molecular weight excluding hydrogens is 200 g/mol. The number of Topliss-reactive ketones (excluding diaryl/α,β-unsaturated/α-hetero) is 1. The Morgan fingerprint density at radius 2 is 1.93 bits per heavy atom. The summed E-state index contributed by atoms with van der Waals surface area (Å²) >= 11 is 1.35. The first-order valence-electron chi connectivity index (χ1n) is 4.98. The van der Waals surface area contributed by atoms with Crippen LogP contribution in [0.25, 0.3) is 0 Å². The van der Waals surface area contributed by atoms with Crippen LogP contribution in [0.2, 0.25) is 0 Å². The minimum Gasteiger partial charge on any atom is -0.465 e. The van der Waals surface area contributed by atoms with Crippen molar-refractivity contribution in [2.45, 2.75) is 38.9 Å². The second kappa shape index (κ2) is 7.85. The van der Waals surface area contributed by atoms with Gasteiger partial charge in [-0.3, -0.25) is 9.59 Å². The molecule has 0 bridgehead atoms. The van der Waals surface area contributed by atoms with Crippen LogP contribution < -0.4 is 0 Å². The van der Waals surface area contributed by atoms with E-state index < -0.39 is 11.2 Å². The van der Waals surface area contributed by atoms with Crippen molar-refractivity contribution in [3.8, 4) is 0 Å². The maximum atomic E-state index is 11.5. The number of hydrogen-bond acceptors (Lipinski definition) is 4. The van der Waals surface area contributed by atoms with E-state index in [1.54, 1.807) is 6.92 Å². The number of hydrogen-bond donors (Lipinski definition) is 0. The monoisotopic (exact) mass is 218 g/mol. The fraction of sp³-hybridized carbons (Fsp3) is 0.800. The summed E-state index contributed by atoms with van der Waals surface area (Å²) in [6.45, 7) is 5.93. The summed E-state index contributed by atoms with van der Waals surface area (Å²) in [5.41, 5.74) is 0. The molecule has 0 N–H and O–H groups in total. The maximum absolute atomic E-state index is 11.5. The number of ketones is 1. The molecular formula is C10H18O3S. The van der Waals surface area contributed by atoms with Crippen LogP contribution in [0.15, 0.2) is 0 Å². The van der Waals surface area contributed by atoms with Crippen molar-refractivity contribution in [1.82, 2.24) is 0 Å². The first-order chi connectivity index (χ1) is 6.67. The predicted molar refractivity (Wildman–Crippen MR) is 58.5 cm³/mol. The van der Waals surface area contributed by atoms with Crippen molar-refractivity contribution < 1.29 is 14.3 Å². The molecule has 0 heterocycles. The summed E-state index contributed by atoms with van der Waals surface area (Å²) in [5.74, 6) is 0.342. The molecule has 0 aliphatic rings. The van der Waals surface area contributed by atoms with Crippen molar-refractivity contribution >= 4 is 23.5 Å². The molecule has 14 heavy (non-hydrogen) atoms. The van der Waals surface area contributed by atoms with Crippen LogP contribution in [0.3, 0.4) is 0 Å². The third kappa shape index (κ3) is 4.65. The molecule has 0 aromatic rings. The molecule has 0 saturated heterocycles. The highest BCUT2D eigenvalue weighted by molar-refractivity contribution is 8.01. The molecule has 4 heteroatoms. The van der Waals surface area contributed by atoms with Crippen molar-refractivity contribution in [3.63, 3.8) is 0 Å². The second-order valence-corrected chi connectivity index (χ2v) is 4.19. The zero-order chi connectivity index (χ0) is 11.0. The van der Waals surface area contributed by atoms with E-state index in [0.29, 0.717) is 13.0 Å². The summed E-state index contributed by atoms with van der Waals surface area (Å²) in [5, 5.41) is -0.611. The van der Waals surface area contributed by atoms with Gasteiger partial charge < -0.3 is 4.74 Å². The molecule has 1 atom stereocenters. The average Bonchev–Trinajstić information content (AvgIpc) is 2.14. The Morgan fingerprint density at radius 3 is 2.36 bits per heavy atom. The van der Waals surface area contributed by atoms with Crippen LogP contribution in [-0.2, 0) is 14.3 Å². The molecule has 0 amide bonds. The minimum atomic E-state index is -0.611. The van der Waals surface area contributed by atoms with Gasteiger partial charge in [0, 0.05) is 6.42 Å². The highest BCUT2D eigenvalue weighted by Gasteiger charge is 2.26. The third-order valence-electron chi connectivity index (χ3n) is 1.62. The molecule has 3 nitrogen and oxygen atoms in total. The first kappa shape index (κ1) is 13.5. The van der Waals surface area contributed by atoms with Crippen molar-refractivity contribution in [3.05, 3.63) is 0 Å². The minimum absolute atomic E-state index is 0.0159. The highest BCUT2D eigenvalue weighted by atomic mass is 32.2. The van der Waals surface area contributed by atoms with E-state index in [2.05, 4.69) is 0 Å². The molecule has 0 aromatic heterocycles. The van der Waals surface area contributed by atoms with E-state index in [9.17, 15) is 9.59 Å². The van der Waals surface area contributed by atoms with E-state index in [1.165, 1.54) is 11.8 Å². The molecule has 0 aromatic carbocycles. The molecule has 0 fully saturated rings.